The van der Waals surface area contributed by atoms with Crippen LogP contribution < -0.4 is 10.2 Å². The highest BCUT2D eigenvalue weighted by Gasteiger charge is 2.28. The summed E-state index contributed by atoms with van der Waals surface area (Å²) in [4.78, 5) is 17.5. The van der Waals surface area contributed by atoms with Gasteiger partial charge in [0, 0.05) is 45.0 Å². The molecule has 0 aliphatic carbocycles. The van der Waals surface area contributed by atoms with Gasteiger partial charge in [-0.2, -0.15) is 4.31 Å². The highest BCUT2D eigenvalue weighted by atomic mass is 35.5. The summed E-state index contributed by atoms with van der Waals surface area (Å²) in [6.07, 6.45) is 2.83. The molecule has 2 aromatic carbocycles. The molecular formula is C24H31ClN4O3S. The number of benzene rings is 2. The molecule has 2 saturated heterocycles. The second-order valence-electron chi connectivity index (χ2n) is 8.63. The first-order valence-corrected chi connectivity index (χ1v) is 13.3. The average molecular weight is 491 g/mol. The Morgan fingerprint density at radius 3 is 2.33 bits per heavy atom. The Morgan fingerprint density at radius 2 is 1.64 bits per heavy atom. The van der Waals surface area contributed by atoms with E-state index in [1.54, 1.807) is 28.6 Å². The lowest BCUT2D eigenvalue weighted by atomic mass is 10.2. The van der Waals surface area contributed by atoms with Crippen LogP contribution in [-0.4, -0.2) is 68.8 Å². The van der Waals surface area contributed by atoms with Gasteiger partial charge in [-0.05, 0) is 50.1 Å². The normalized spacial score (nSPS) is 19.3. The fraction of sp³-hybridized carbons (Fsp3) is 0.458. The quantitative estimate of drug-likeness (QED) is 0.669. The van der Waals surface area contributed by atoms with Gasteiger partial charge in [0.05, 0.1) is 21.6 Å². The van der Waals surface area contributed by atoms with Gasteiger partial charge in [-0.3, -0.25) is 9.69 Å². The zero-order valence-electron chi connectivity index (χ0n) is 18.9. The summed E-state index contributed by atoms with van der Waals surface area (Å²) >= 11 is 6.33. The van der Waals surface area contributed by atoms with Crippen molar-refractivity contribution in [2.75, 3.05) is 49.5 Å². The Labute approximate surface area is 201 Å². The number of rotatable bonds is 6. The van der Waals surface area contributed by atoms with E-state index in [1.165, 1.54) is 0 Å². The van der Waals surface area contributed by atoms with Gasteiger partial charge in [0.25, 0.3) is 0 Å². The van der Waals surface area contributed by atoms with Crippen LogP contribution in [0, 0.1) is 0 Å². The van der Waals surface area contributed by atoms with Gasteiger partial charge in [-0.25, -0.2) is 8.42 Å². The maximum Gasteiger partial charge on any atom is 0.243 e. The summed E-state index contributed by atoms with van der Waals surface area (Å²) in [5.74, 6) is -0.145. The molecule has 0 radical (unpaired) electrons. The first-order valence-electron chi connectivity index (χ1n) is 11.5. The number of hydrogen-bond donors (Lipinski definition) is 1. The number of halogens is 1. The van der Waals surface area contributed by atoms with Gasteiger partial charge in [-0.1, -0.05) is 36.2 Å². The number of carbonyl (C=O) groups excluding carboxylic acids is 1. The zero-order valence-corrected chi connectivity index (χ0v) is 20.5. The van der Waals surface area contributed by atoms with Crippen molar-refractivity contribution in [1.82, 2.24) is 9.21 Å². The SMILES string of the molecule is CC(C(=O)Nc1cccc(S(=O)(=O)N2CCCCC2)c1)N1CCN(c2ccccc2Cl)CC1. The molecule has 2 aromatic rings. The van der Waals surface area contributed by atoms with Gasteiger partial charge >= 0.3 is 0 Å². The van der Waals surface area contributed by atoms with Crippen LogP contribution in [0.25, 0.3) is 0 Å². The Bertz CT molecular complexity index is 1080. The molecule has 2 aliphatic heterocycles. The largest absolute Gasteiger partial charge is 0.368 e. The van der Waals surface area contributed by atoms with Crippen LogP contribution in [0.15, 0.2) is 53.4 Å². The van der Waals surface area contributed by atoms with Crippen molar-refractivity contribution in [3.05, 3.63) is 53.6 Å². The smallest absolute Gasteiger partial charge is 0.243 e. The summed E-state index contributed by atoms with van der Waals surface area (Å²) < 4.78 is 27.5. The number of nitrogens with zero attached hydrogens (tertiary/aromatic N) is 3. The van der Waals surface area contributed by atoms with Crippen LogP contribution in [-0.2, 0) is 14.8 Å². The number of anilines is 2. The van der Waals surface area contributed by atoms with Gasteiger partial charge in [-0.15, -0.1) is 0 Å². The monoisotopic (exact) mass is 490 g/mol. The maximum absolute atomic E-state index is 13.0. The van der Waals surface area contributed by atoms with E-state index in [9.17, 15) is 13.2 Å². The van der Waals surface area contributed by atoms with E-state index in [4.69, 9.17) is 11.6 Å². The fourth-order valence-electron chi connectivity index (χ4n) is 4.46. The van der Waals surface area contributed by atoms with E-state index in [1.807, 2.05) is 31.2 Å². The minimum absolute atomic E-state index is 0.145. The third kappa shape index (κ3) is 5.51. The molecule has 1 atom stereocenters. The van der Waals surface area contributed by atoms with Gasteiger partial charge < -0.3 is 10.2 Å². The lowest BCUT2D eigenvalue weighted by molar-refractivity contribution is -0.120. The molecule has 1 unspecified atom stereocenters. The third-order valence-electron chi connectivity index (χ3n) is 6.49. The lowest BCUT2D eigenvalue weighted by Gasteiger charge is -2.38. The molecule has 2 heterocycles. The lowest BCUT2D eigenvalue weighted by Crippen LogP contribution is -2.52. The van der Waals surface area contributed by atoms with Crippen molar-refractivity contribution in [2.45, 2.75) is 37.1 Å². The molecule has 0 saturated carbocycles. The summed E-state index contributed by atoms with van der Waals surface area (Å²) in [5, 5.41) is 3.64. The van der Waals surface area contributed by atoms with Crippen molar-refractivity contribution in [2.24, 2.45) is 0 Å². The zero-order chi connectivity index (χ0) is 23.4. The van der Waals surface area contributed by atoms with E-state index in [-0.39, 0.29) is 16.8 Å². The molecule has 7 nitrogen and oxygen atoms in total. The molecule has 0 spiro atoms. The fourth-order valence-corrected chi connectivity index (χ4v) is 6.28. The first-order chi connectivity index (χ1) is 15.9. The topological polar surface area (TPSA) is 73.0 Å². The number of hydrogen-bond acceptors (Lipinski definition) is 5. The molecule has 0 aromatic heterocycles. The molecule has 1 amide bonds. The number of amides is 1. The van der Waals surface area contributed by atoms with Crippen molar-refractivity contribution in [1.29, 1.82) is 0 Å². The third-order valence-corrected chi connectivity index (χ3v) is 8.70. The van der Waals surface area contributed by atoms with Crippen LogP contribution in [0.4, 0.5) is 11.4 Å². The molecule has 9 heteroatoms. The summed E-state index contributed by atoms with van der Waals surface area (Å²) in [6, 6.07) is 14.0. The summed E-state index contributed by atoms with van der Waals surface area (Å²) in [5.41, 5.74) is 1.52. The van der Waals surface area contributed by atoms with E-state index in [0.717, 1.165) is 56.2 Å². The summed E-state index contributed by atoms with van der Waals surface area (Å²) in [7, 11) is -3.54. The van der Waals surface area contributed by atoms with Crippen molar-refractivity contribution in [3.63, 3.8) is 0 Å². The average Bonchev–Trinajstić information content (AvgIpc) is 2.85. The number of piperazine rings is 1. The predicted molar refractivity (Wildman–Crippen MR) is 132 cm³/mol. The van der Waals surface area contributed by atoms with Crippen LogP contribution in [0.2, 0.25) is 5.02 Å². The molecule has 1 N–H and O–H groups in total. The van der Waals surface area contributed by atoms with Crippen molar-refractivity contribution < 1.29 is 13.2 Å². The highest BCUT2D eigenvalue weighted by molar-refractivity contribution is 7.89. The van der Waals surface area contributed by atoms with E-state index < -0.39 is 10.0 Å². The molecule has 2 aliphatic rings. The van der Waals surface area contributed by atoms with E-state index in [0.29, 0.717) is 18.8 Å². The molecule has 4 rings (SSSR count). The van der Waals surface area contributed by atoms with Crippen LogP contribution >= 0.6 is 11.6 Å². The Balaban J connectivity index is 1.37. The summed E-state index contributed by atoms with van der Waals surface area (Å²) in [6.45, 7) is 6.03. The van der Waals surface area contributed by atoms with Gasteiger partial charge in [0.1, 0.15) is 0 Å². The predicted octanol–water partition coefficient (Wildman–Crippen LogP) is 3.66. The molecule has 33 heavy (non-hydrogen) atoms. The Hall–Kier alpha value is -2.13. The first kappa shape index (κ1) is 24.0. The number of carbonyl (C=O) groups is 1. The van der Waals surface area contributed by atoms with Crippen LogP contribution in [0.3, 0.4) is 0 Å². The van der Waals surface area contributed by atoms with Crippen molar-refractivity contribution >= 4 is 38.9 Å². The molecule has 178 valence electrons. The van der Waals surface area contributed by atoms with Crippen LogP contribution in [0.1, 0.15) is 26.2 Å². The van der Waals surface area contributed by atoms with Crippen LogP contribution in [0.5, 0.6) is 0 Å². The molecule has 2 fully saturated rings. The maximum atomic E-state index is 13.0. The minimum Gasteiger partial charge on any atom is -0.368 e. The second kappa shape index (κ2) is 10.4. The Morgan fingerprint density at radius 1 is 0.939 bits per heavy atom. The number of para-hydroxylation sites is 1. The number of sulfonamides is 1. The molecule has 0 bridgehead atoms. The molecular weight excluding hydrogens is 460 g/mol. The number of nitrogens with one attached hydrogen (secondary N) is 1. The van der Waals surface area contributed by atoms with Crippen molar-refractivity contribution in [3.8, 4) is 0 Å². The highest BCUT2D eigenvalue weighted by Crippen LogP contribution is 2.27. The van der Waals surface area contributed by atoms with Gasteiger partial charge in [0.15, 0.2) is 0 Å². The Kier molecular flexibility index (Phi) is 7.58. The number of piperidine rings is 1. The van der Waals surface area contributed by atoms with E-state index >= 15 is 0 Å². The second-order valence-corrected chi connectivity index (χ2v) is 11.0. The standard InChI is InChI=1S/C24H31ClN4O3S/c1-19(27-14-16-28(17-15-27)23-11-4-3-10-22(23)25)24(30)26-20-8-7-9-21(18-20)33(31,32)29-12-5-2-6-13-29/h3-4,7-11,18-19H,2,5-6,12-17H2,1H3,(H,26,30). The van der Waals surface area contributed by atoms with Gasteiger partial charge in [0.2, 0.25) is 15.9 Å². The minimum atomic E-state index is -3.54. The van der Waals surface area contributed by atoms with E-state index in [2.05, 4.69) is 15.1 Å².